The number of pyridine rings is 1. The molecule has 1 atom stereocenters. The molecule has 0 radical (unpaired) electrons. The van der Waals surface area contributed by atoms with Crippen LogP contribution in [0.3, 0.4) is 0 Å². The smallest absolute Gasteiger partial charge is 0.326 e. The molecule has 0 aliphatic heterocycles. The Morgan fingerprint density at radius 1 is 1.32 bits per heavy atom. The molecule has 0 aliphatic carbocycles. The second-order valence-corrected chi connectivity index (χ2v) is 5.24. The van der Waals surface area contributed by atoms with Crippen LogP contribution in [0.1, 0.15) is 49.3 Å². The third-order valence-corrected chi connectivity index (χ3v) is 3.48. The number of carboxylic acid groups (broad SMARTS) is 1. The highest BCUT2D eigenvalue weighted by atomic mass is 16.4. The van der Waals surface area contributed by atoms with Gasteiger partial charge in [0.2, 0.25) is 0 Å². The summed E-state index contributed by atoms with van der Waals surface area (Å²) in [6.07, 6.45) is 4.40. The topological polar surface area (TPSA) is 83.7 Å². The summed E-state index contributed by atoms with van der Waals surface area (Å²) >= 11 is 0. The first-order valence-electron chi connectivity index (χ1n) is 7.58. The van der Waals surface area contributed by atoms with Crippen molar-refractivity contribution in [3.8, 4) is 0 Å². The highest BCUT2D eigenvalue weighted by molar-refractivity contribution is 5.97. The van der Waals surface area contributed by atoms with Crippen LogP contribution >= 0.6 is 0 Å². The van der Waals surface area contributed by atoms with Crippen LogP contribution in [0.15, 0.2) is 24.4 Å². The number of aromatic nitrogens is 2. The molecule has 2 rings (SSSR count). The minimum absolute atomic E-state index is 0.386. The molecule has 0 saturated heterocycles. The number of hydrogen-bond acceptors (Lipinski definition) is 3. The molecular formula is C16H21N3O3. The lowest BCUT2D eigenvalue weighted by atomic mass is 10.1. The van der Waals surface area contributed by atoms with Crippen LogP contribution < -0.4 is 5.32 Å². The van der Waals surface area contributed by atoms with Gasteiger partial charge in [-0.05, 0) is 25.0 Å². The van der Waals surface area contributed by atoms with Crippen molar-refractivity contribution in [2.45, 2.75) is 45.6 Å². The Morgan fingerprint density at radius 3 is 2.73 bits per heavy atom. The molecule has 6 heteroatoms. The van der Waals surface area contributed by atoms with Crippen LogP contribution in [0, 0.1) is 0 Å². The van der Waals surface area contributed by atoms with E-state index in [-0.39, 0.29) is 5.91 Å². The van der Waals surface area contributed by atoms with Gasteiger partial charge in [0.15, 0.2) is 0 Å². The third-order valence-electron chi connectivity index (χ3n) is 3.48. The molecule has 0 aliphatic rings. The molecule has 1 unspecified atom stereocenters. The second-order valence-electron chi connectivity index (χ2n) is 5.24. The fraction of sp³-hybridized carbons (Fsp3) is 0.438. The van der Waals surface area contributed by atoms with Crippen molar-refractivity contribution in [2.75, 3.05) is 0 Å². The quantitative estimate of drug-likeness (QED) is 0.822. The molecule has 2 aromatic rings. The zero-order chi connectivity index (χ0) is 16.1. The fourth-order valence-corrected chi connectivity index (χ4v) is 2.47. The summed E-state index contributed by atoms with van der Waals surface area (Å²) in [5, 5.41) is 11.8. The van der Waals surface area contributed by atoms with Gasteiger partial charge in [0.1, 0.15) is 17.4 Å². The number of carboxylic acids is 1. The molecule has 0 aromatic carbocycles. The molecule has 0 spiro atoms. The van der Waals surface area contributed by atoms with Crippen molar-refractivity contribution in [2.24, 2.45) is 0 Å². The number of aliphatic carboxylic acids is 1. The van der Waals surface area contributed by atoms with Gasteiger partial charge in [-0.25, -0.2) is 9.78 Å². The first-order valence-corrected chi connectivity index (χ1v) is 7.58. The van der Waals surface area contributed by atoms with E-state index >= 15 is 0 Å². The van der Waals surface area contributed by atoms with Gasteiger partial charge in [-0.15, -0.1) is 0 Å². The van der Waals surface area contributed by atoms with Crippen molar-refractivity contribution in [1.29, 1.82) is 0 Å². The minimum atomic E-state index is -1.01. The summed E-state index contributed by atoms with van der Waals surface area (Å²) < 4.78 is 1.71. The molecule has 2 aromatic heterocycles. The van der Waals surface area contributed by atoms with Gasteiger partial charge in [-0.2, -0.15) is 0 Å². The maximum absolute atomic E-state index is 12.6. The van der Waals surface area contributed by atoms with Crippen molar-refractivity contribution >= 4 is 17.5 Å². The average Bonchev–Trinajstić information content (AvgIpc) is 2.85. The Kier molecular flexibility index (Phi) is 5.14. The Labute approximate surface area is 129 Å². The Balaban J connectivity index is 2.37. The third kappa shape index (κ3) is 3.27. The summed E-state index contributed by atoms with van der Waals surface area (Å²) in [6, 6.07) is 4.64. The van der Waals surface area contributed by atoms with Gasteiger partial charge in [0.05, 0.1) is 5.69 Å². The van der Waals surface area contributed by atoms with Gasteiger partial charge in [0, 0.05) is 6.20 Å². The molecule has 22 heavy (non-hydrogen) atoms. The summed E-state index contributed by atoms with van der Waals surface area (Å²) in [6.45, 7) is 3.90. The summed E-state index contributed by atoms with van der Waals surface area (Å²) in [7, 11) is 0. The molecular weight excluding hydrogens is 282 g/mol. The van der Waals surface area contributed by atoms with E-state index in [1.165, 1.54) is 0 Å². The zero-order valence-corrected chi connectivity index (χ0v) is 12.9. The molecule has 6 nitrogen and oxygen atoms in total. The van der Waals surface area contributed by atoms with Crippen molar-refractivity contribution in [3.05, 3.63) is 35.8 Å². The van der Waals surface area contributed by atoms with Gasteiger partial charge in [-0.3, -0.25) is 9.20 Å². The number of fused-ring (bicyclic) bond motifs is 1. The Morgan fingerprint density at radius 2 is 2.09 bits per heavy atom. The number of nitrogens with one attached hydrogen (secondary N) is 1. The van der Waals surface area contributed by atoms with E-state index in [0.717, 1.165) is 6.42 Å². The monoisotopic (exact) mass is 303 g/mol. The van der Waals surface area contributed by atoms with E-state index in [2.05, 4.69) is 10.3 Å². The molecule has 0 saturated carbocycles. The SMILES string of the molecule is CCCc1nc2ccccn2c1C(=O)NC(CCC)C(=O)O. The van der Waals surface area contributed by atoms with Crippen LogP contribution in [0.25, 0.3) is 5.65 Å². The average molecular weight is 303 g/mol. The second kappa shape index (κ2) is 7.06. The highest BCUT2D eigenvalue weighted by Gasteiger charge is 2.24. The number of hydrogen-bond donors (Lipinski definition) is 2. The molecule has 2 N–H and O–H groups in total. The molecule has 118 valence electrons. The van der Waals surface area contributed by atoms with Gasteiger partial charge < -0.3 is 10.4 Å². The van der Waals surface area contributed by atoms with Crippen LogP contribution in [-0.4, -0.2) is 32.4 Å². The number of amides is 1. The van der Waals surface area contributed by atoms with E-state index in [1.54, 1.807) is 10.6 Å². The van der Waals surface area contributed by atoms with E-state index in [1.807, 2.05) is 32.0 Å². The fourth-order valence-electron chi connectivity index (χ4n) is 2.47. The van der Waals surface area contributed by atoms with E-state index < -0.39 is 12.0 Å². The summed E-state index contributed by atoms with van der Waals surface area (Å²) in [5.41, 5.74) is 1.82. The number of rotatable bonds is 7. The lowest BCUT2D eigenvalue weighted by Gasteiger charge is -2.14. The Hall–Kier alpha value is -2.37. The number of aryl methyl sites for hydroxylation is 1. The number of carbonyl (C=O) groups excluding carboxylic acids is 1. The number of nitrogens with zero attached hydrogens (tertiary/aromatic N) is 2. The lowest BCUT2D eigenvalue weighted by molar-refractivity contribution is -0.139. The van der Waals surface area contributed by atoms with E-state index in [4.69, 9.17) is 0 Å². The van der Waals surface area contributed by atoms with E-state index in [0.29, 0.717) is 36.3 Å². The van der Waals surface area contributed by atoms with Gasteiger partial charge in [-0.1, -0.05) is 32.8 Å². The molecule has 0 bridgehead atoms. The standard InChI is InChI=1S/C16H21N3O3/c1-3-7-11-14(19-10-6-5-9-13(19)17-11)15(20)18-12(8-4-2)16(21)22/h5-6,9-10,12H,3-4,7-8H2,1-2H3,(H,18,20)(H,21,22). The molecule has 1 amide bonds. The lowest BCUT2D eigenvalue weighted by Crippen LogP contribution is -2.41. The minimum Gasteiger partial charge on any atom is -0.480 e. The van der Waals surface area contributed by atoms with Crippen molar-refractivity contribution < 1.29 is 14.7 Å². The highest BCUT2D eigenvalue weighted by Crippen LogP contribution is 2.15. The summed E-state index contributed by atoms with van der Waals surface area (Å²) in [5.74, 6) is -1.40. The van der Waals surface area contributed by atoms with Crippen LogP contribution in [-0.2, 0) is 11.2 Å². The number of imidazole rings is 1. The molecule has 0 fully saturated rings. The maximum Gasteiger partial charge on any atom is 0.326 e. The van der Waals surface area contributed by atoms with Crippen molar-refractivity contribution in [3.63, 3.8) is 0 Å². The van der Waals surface area contributed by atoms with Gasteiger partial charge in [0.25, 0.3) is 5.91 Å². The Bertz CT molecular complexity index is 678. The van der Waals surface area contributed by atoms with Gasteiger partial charge >= 0.3 is 5.97 Å². The van der Waals surface area contributed by atoms with Crippen LogP contribution in [0.2, 0.25) is 0 Å². The first kappa shape index (κ1) is 16.0. The normalized spacial score (nSPS) is 12.3. The van der Waals surface area contributed by atoms with Crippen LogP contribution in [0.4, 0.5) is 0 Å². The predicted octanol–water partition coefficient (Wildman–Crippen LogP) is 2.27. The van der Waals surface area contributed by atoms with Crippen molar-refractivity contribution in [1.82, 2.24) is 14.7 Å². The molecule has 2 heterocycles. The predicted molar refractivity (Wildman–Crippen MR) is 83.0 cm³/mol. The maximum atomic E-state index is 12.6. The first-order chi connectivity index (χ1) is 10.6. The largest absolute Gasteiger partial charge is 0.480 e. The van der Waals surface area contributed by atoms with E-state index in [9.17, 15) is 14.7 Å². The number of carbonyl (C=O) groups is 2. The summed E-state index contributed by atoms with van der Waals surface area (Å²) in [4.78, 5) is 28.3. The van der Waals surface area contributed by atoms with Crippen LogP contribution in [0.5, 0.6) is 0 Å². The zero-order valence-electron chi connectivity index (χ0n) is 12.9.